The largest absolute Gasteiger partial charge is 0.462 e. The normalized spacial score (nSPS) is 12.3. The highest BCUT2D eigenvalue weighted by molar-refractivity contribution is 5.71. The van der Waals surface area contributed by atoms with Crippen LogP contribution < -0.4 is 0 Å². The smallest absolute Gasteiger partial charge is 0.306 e. The summed E-state index contributed by atoms with van der Waals surface area (Å²) in [6, 6.07) is 0. The minimum atomic E-state index is -0.770. The zero-order valence-corrected chi connectivity index (χ0v) is 51.7. The summed E-state index contributed by atoms with van der Waals surface area (Å²) < 4.78 is 16.9. The van der Waals surface area contributed by atoms with Crippen LogP contribution in [0.3, 0.4) is 0 Å². The van der Waals surface area contributed by atoms with Crippen molar-refractivity contribution in [3.63, 3.8) is 0 Å². The molecule has 0 heterocycles. The quantitative estimate of drug-likeness (QED) is 0.0261. The first kappa shape index (κ1) is 74.4. The number of carbonyl (C=O) groups excluding carboxylic acids is 3. The van der Waals surface area contributed by atoms with Gasteiger partial charge in [0.15, 0.2) is 6.10 Å². The second kappa shape index (κ2) is 65.9. The lowest BCUT2D eigenvalue weighted by Crippen LogP contribution is -2.30. The molecule has 0 saturated heterocycles. The number of ether oxygens (including phenoxy) is 3. The second-order valence-corrected chi connectivity index (χ2v) is 23.1. The van der Waals surface area contributed by atoms with Gasteiger partial charge in [-0.3, -0.25) is 14.4 Å². The molecule has 0 aliphatic rings. The first-order valence-electron chi connectivity index (χ1n) is 34.1. The van der Waals surface area contributed by atoms with Crippen LogP contribution in [0.1, 0.15) is 367 Å². The van der Waals surface area contributed by atoms with Crippen molar-refractivity contribution in [1.82, 2.24) is 0 Å². The van der Waals surface area contributed by atoms with E-state index in [9.17, 15) is 14.4 Å². The summed E-state index contributed by atoms with van der Waals surface area (Å²) in [6.07, 6.45) is 82.9. The molecule has 0 spiro atoms. The zero-order chi connectivity index (χ0) is 55.7. The molecule has 0 aromatic rings. The number of unbranched alkanes of at least 4 members (excludes halogenated alkanes) is 44. The van der Waals surface area contributed by atoms with Gasteiger partial charge in [0, 0.05) is 19.3 Å². The van der Waals surface area contributed by atoms with Gasteiger partial charge in [-0.2, -0.15) is 0 Å². The van der Waals surface area contributed by atoms with Crippen LogP contribution in [-0.4, -0.2) is 37.2 Å². The Labute approximate surface area is 479 Å². The lowest BCUT2D eigenvalue weighted by Gasteiger charge is -2.18. The molecule has 0 aromatic heterocycles. The molecule has 0 fully saturated rings. The van der Waals surface area contributed by atoms with E-state index in [0.717, 1.165) is 83.5 Å². The average molecular weight is 1080 g/mol. The number of rotatable bonds is 63. The monoisotopic (exact) mass is 1080 g/mol. The van der Waals surface area contributed by atoms with E-state index in [0.29, 0.717) is 19.3 Å². The maximum Gasteiger partial charge on any atom is 0.306 e. The molecular weight excluding hydrogens is 949 g/mol. The van der Waals surface area contributed by atoms with Crippen LogP contribution in [0.15, 0.2) is 48.6 Å². The zero-order valence-electron chi connectivity index (χ0n) is 51.7. The highest BCUT2D eigenvalue weighted by atomic mass is 16.6. The topological polar surface area (TPSA) is 78.9 Å². The summed E-state index contributed by atoms with van der Waals surface area (Å²) in [4.78, 5) is 38.3. The molecular formula is C71H130O6. The van der Waals surface area contributed by atoms with E-state index in [1.807, 2.05) is 0 Å². The van der Waals surface area contributed by atoms with Crippen LogP contribution in [-0.2, 0) is 28.6 Å². The standard InChI is InChI=1S/C71H130O6/c1-4-7-10-13-16-19-21-23-25-27-29-31-33-35-37-39-41-43-45-47-49-52-55-58-61-64-70(73)76-67-68(66-75-69(72)63-60-57-54-51-18-15-12-9-6-3)77-71(74)65-62-59-56-53-50-48-46-44-42-40-38-36-34-32-30-28-26-24-22-20-17-14-11-8-5-2/h7,10,16,19,23,25,29,31,68H,4-6,8-9,11-15,17-18,20-22,24,26-28,30,32-67H2,1-3H3/b10-7-,19-16-,25-23-,31-29-. The molecule has 0 radical (unpaired) electrons. The summed E-state index contributed by atoms with van der Waals surface area (Å²) in [6.45, 7) is 6.57. The third-order valence-electron chi connectivity index (χ3n) is 15.3. The fraction of sp³-hybridized carbons (Fsp3) is 0.845. The van der Waals surface area contributed by atoms with Crippen LogP contribution in [0.2, 0.25) is 0 Å². The number of hydrogen-bond acceptors (Lipinski definition) is 6. The molecule has 0 amide bonds. The number of hydrogen-bond donors (Lipinski definition) is 0. The van der Waals surface area contributed by atoms with E-state index in [2.05, 4.69) is 69.4 Å². The predicted molar refractivity (Wildman–Crippen MR) is 335 cm³/mol. The molecule has 0 N–H and O–H groups in total. The highest BCUT2D eigenvalue weighted by Gasteiger charge is 2.19. The van der Waals surface area contributed by atoms with Crippen LogP contribution in [0.4, 0.5) is 0 Å². The molecule has 0 aliphatic carbocycles. The Kier molecular flexibility index (Phi) is 63.6. The maximum atomic E-state index is 12.9. The van der Waals surface area contributed by atoms with Crippen LogP contribution in [0.25, 0.3) is 0 Å². The average Bonchev–Trinajstić information content (AvgIpc) is 3.43. The Morgan fingerprint density at radius 1 is 0.273 bits per heavy atom. The van der Waals surface area contributed by atoms with Gasteiger partial charge in [0.2, 0.25) is 0 Å². The Balaban J connectivity index is 4.13. The number of carbonyl (C=O) groups is 3. The molecule has 0 bridgehead atoms. The predicted octanol–water partition coefficient (Wildman–Crippen LogP) is 23.3. The Bertz CT molecular complexity index is 1330. The molecule has 0 aliphatic heterocycles. The van der Waals surface area contributed by atoms with Gasteiger partial charge in [0.05, 0.1) is 0 Å². The fourth-order valence-corrected chi connectivity index (χ4v) is 10.3. The molecule has 1 unspecified atom stereocenters. The first-order valence-corrected chi connectivity index (χ1v) is 34.1. The van der Waals surface area contributed by atoms with Gasteiger partial charge in [0.25, 0.3) is 0 Å². The number of allylic oxidation sites excluding steroid dienone is 8. The first-order chi connectivity index (χ1) is 38.0. The molecule has 1 atom stereocenters. The summed E-state index contributed by atoms with van der Waals surface area (Å²) in [5.74, 6) is -0.848. The second-order valence-electron chi connectivity index (χ2n) is 23.1. The van der Waals surface area contributed by atoms with Gasteiger partial charge in [-0.15, -0.1) is 0 Å². The van der Waals surface area contributed by atoms with E-state index in [1.54, 1.807) is 0 Å². The van der Waals surface area contributed by atoms with Gasteiger partial charge in [-0.25, -0.2) is 0 Å². The third kappa shape index (κ3) is 64.1. The Morgan fingerprint density at radius 3 is 0.792 bits per heavy atom. The summed E-state index contributed by atoms with van der Waals surface area (Å²) in [7, 11) is 0. The number of esters is 3. The van der Waals surface area contributed by atoms with Crippen molar-refractivity contribution in [2.24, 2.45) is 0 Å². The molecule has 0 aromatic carbocycles. The van der Waals surface area contributed by atoms with Crippen LogP contribution >= 0.6 is 0 Å². The van der Waals surface area contributed by atoms with Gasteiger partial charge >= 0.3 is 17.9 Å². The molecule has 0 saturated carbocycles. The molecule has 450 valence electrons. The van der Waals surface area contributed by atoms with Crippen LogP contribution in [0, 0.1) is 0 Å². The lowest BCUT2D eigenvalue weighted by atomic mass is 10.0. The lowest BCUT2D eigenvalue weighted by molar-refractivity contribution is -0.167. The molecule has 0 rings (SSSR count). The Hall–Kier alpha value is -2.63. The SMILES string of the molecule is CC/C=C\C/C=C\C/C=C\C/C=C\CCCCCCCCCCCCCCC(=O)OCC(COC(=O)CCCCCCCCCCC)OC(=O)CCCCCCCCCCCCCCCCCCCCCCCCCCC. The molecule has 77 heavy (non-hydrogen) atoms. The van der Waals surface area contributed by atoms with E-state index in [-0.39, 0.29) is 31.1 Å². The van der Waals surface area contributed by atoms with Crippen molar-refractivity contribution >= 4 is 17.9 Å². The fourth-order valence-electron chi connectivity index (χ4n) is 10.3. The molecule has 6 nitrogen and oxygen atoms in total. The van der Waals surface area contributed by atoms with E-state index >= 15 is 0 Å². The van der Waals surface area contributed by atoms with Crippen molar-refractivity contribution in [1.29, 1.82) is 0 Å². The minimum Gasteiger partial charge on any atom is -0.462 e. The van der Waals surface area contributed by atoms with Crippen LogP contribution in [0.5, 0.6) is 0 Å². The maximum absolute atomic E-state index is 12.9. The Morgan fingerprint density at radius 2 is 0.506 bits per heavy atom. The van der Waals surface area contributed by atoms with E-state index < -0.39 is 6.10 Å². The van der Waals surface area contributed by atoms with Crippen molar-refractivity contribution in [3.8, 4) is 0 Å². The van der Waals surface area contributed by atoms with Gasteiger partial charge < -0.3 is 14.2 Å². The highest BCUT2D eigenvalue weighted by Crippen LogP contribution is 2.18. The van der Waals surface area contributed by atoms with Crippen molar-refractivity contribution in [3.05, 3.63) is 48.6 Å². The third-order valence-corrected chi connectivity index (χ3v) is 15.3. The van der Waals surface area contributed by atoms with Gasteiger partial charge in [-0.05, 0) is 57.8 Å². The summed E-state index contributed by atoms with van der Waals surface area (Å²) >= 11 is 0. The molecule has 6 heteroatoms. The van der Waals surface area contributed by atoms with E-state index in [4.69, 9.17) is 14.2 Å². The van der Waals surface area contributed by atoms with Crippen molar-refractivity contribution in [2.75, 3.05) is 13.2 Å². The minimum absolute atomic E-state index is 0.0680. The van der Waals surface area contributed by atoms with Gasteiger partial charge in [-0.1, -0.05) is 339 Å². The summed E-state index contributed by atoms with van der Waals surface area (Å²) in [5.41, 5.74) is 0. The summed E-state index contributed by atoms with van der Waals surface area (Å²) in [5, 5.41) is 0. The van der Waals surface area contributed by atoms with Crippen molar-refractivity contribution < 1.29 is 28.6 Å². The van der Waals surface area contributed by atoms with Gasteiger partial charge in [0.1, 0.15) is 13.2 Å². The van der Waals surface area contributed by atoms with Crippen molar-refractivity contribution in [2.45, 2.75) is 374 Å². The van der Waals surface area contributed by atoms with E-state index in [1.165, 1.54) is 244 Å².